The van der Waals surface area contributed by atoms with Crippen LogP contribution in [0.5, 0.6) is 0 Å². The Balaban J connectivity index is 1.00. The number of hydrogen-bond donors (Lipinski definition) is 0. The second kappa shape index (κ2) is 15.6. The van der Waals surface area contributed by atoms with Gasteiger partial charge < -0.3 is 13.7 Å². The van der Waals surface area contributed by atoms with Crippen molar-refractivity contribution in [2.75, 3.05) is 0 Å². The van der Waals surface area contributed by atoms with Crippen molar-refractivity contribution in [2.45, 2.75) is 0 Å². The number of aromatic nitrogens is 6. The molecule has 0 saturated carbocycles. The standard InChI is InChI=1S/C63H40N6/c1-5-19-41(20-6-1)61-64-62(42-21-7-2-8-22-42)66-63(65-61)51-31-17-29-49-50-30-18-34-58(60(50)68(59(49)51)46-25-11-4-12-26-46)69-55-33-16-14-28-48(55)53-40-44(36-38-57(53)69)43-35-37-56-52(39-43)47-27-13-15-32-54(47)67(56)45-23-9-3-10-24-45/h1-40H. The van der Waals surface area contributed by atoms with E-state index >= 15 is 0 Å². The number of benzene rings is 10. The summed E-state index contributed by atoms with van der Waals surface area (Å²) in [6.07, 6.45) is 0. The summed E-state index contributed by atoms with van der Waals surface area (Å²) < 4.78 is 7.24. The number of rotatable bonds is 7. The van der Waals surface area contributed by atoms with Crippen LogP contribution >= 0.6 is 0 Å². The zero-order valence-electron chi connectivity index (χ0n) is 37.3. The van der Waals surface area contributed by atoms with Gasteiger partial charge in [0.1, 0.15) is 0 Å². The molecule has 0 radical (unpaired) electrons. The Labute approximate surface area is 397 Å². The van der Waals surface area contributed by atoms with Crippen LogP contribution in [0.15, 0.2) is 243 Å². The SMILES string of the molecule is c1ccc(-c2nc(-c3ccccc3)nc(-c3cccc4c5cccc(-n6c7ccccc7c7cc(-c8ccc9c(c8)c8ccccc8n9-c8ccccc8)ccc76)c5n(-c5ccccc5)c34)n2)cc1. The molecule has 0 aliphatic rings. The average molecular weight is 881 g/mol. The van der Waals surface area contributed by atoms with Gasteiger partial charge in [0.05, 0.1) is 38.8 Å². The van der Waals surface area contributed by atoms with Crippen molar-refractivity contribution in [3.8, 4) is 62.4 Å². The van der Waals surface area contributed by atoms with Crippen LogP contribution in [0.2, 0.25) is 0 Å². The molecule has 322 valence electrons. The molecule has 0 spiro atoms. The Morgan fingerprint density at radius 1 is 0.246 bits per heavy atom. The summed E-state index contributed by atoms with van der Waals surface area (Å²) in [6, 6.07) is 86.3. The fourth-order valence-corrected chi connectivity index (χ4v) is 10.6. The molecule has 6 nitrogen and oxygen atoms in total. The van der Waals surface area contributed by atoms with E-state index in [2.05, 4.69) is 220 Å². The predicted molar refractivity (Wildman–Crippen MR) is 285 cm³/mol. The topological polar surface area (TPSA) is 53.5 Å². The minimum absolute atomic E-state index is 0.613. The first-order valence-electron chi connectivity index (χ1n) is 23.4. The molecule has 0 aliphatic heterocycles. The minimum atomic E-state index is 0.613. The minimum Gasteiger partial charge on any atom is -0.309 e. The van der Waals surface area contributed by atoms with Crippen LogP contribution in [0.1, 0.15) is 0 Å². The summed E-state index contributed by atoms with van der Waals surface area (Å²) in [7, 11) is 0. The smallest absolute Gasteiger partial charge is 0.166 e. The molecule has 10 aromatic carbocycles. The van der Waals surface area contributed by atoms with E-state index in [0.717, 1.165) is 66.6 Å². The van der Waals surface area contributed by atoms with E-state index in [-0.39, 0.29) is 0 Å². The molecule has 0 fully saturated rings. The summed E-state index contributed by atoms with van der Waals surface area (Å²) in [5.74, 6) is 1.87. The number of nitrogens with zero attached hydrogens (tertiary/aromatic N) is 6. The van der Waals surface area contributed by atoms with E-state index in [9.17, 15) is 0 Å². The Bertz CT molecular complexity index is 4230. The monoisotopic (exact) mass is 880 g/mol. The lowest BCUT2D eigenvalue weighted by Crippen LogP contribution is -2.03. The van der Waals surface area contributed by atoms with Crippen LogP contribution in [0.4, 0.5) is 0 Å². The first-order chi connectivity index (χ1) is 34.2. The van der Waals surface area contributed by atoms with Crippen molar-refractivity contribution < 1.29 is 0 Å². The van der Waals surface area contributed by atoms with E-state index in [1.54, 1.807) is 0 Å². The van der Waals surface area contributed by atoms with Crippen molar-refractivity contribution in [2.24, 2.45) is 0 Å². The number of fused-ring (bicyclic) bond motifs is 9. The molecule has 0 amide bonds. The summed E-state index contributed by atoms with van der Waals surface area (Å²) in [5, 5.41) is 7.12. The summed E-state index contributed by atoms with van der Waals surface area (Å²) in [5.41, 5.74) is 15.2. The van der Waals surface area contributed by atoms with Crippen molar-refractivity contribution in [1.29, 1.82) is 0 Å². The third kappa shape index (κ3) is 6.16. The summed E-state index contributed by atoms with van der Waals surface area (Å²) >= 11 is 0. The maximum Gasteiger partial charge on any atom is 0.166 e. The average Bonchev–Trinajstić information content (AvgIpc) is 4.07. The molecule has 4 aromatic heterocycles. The Hall–Kier alpha value is -9.39. The van der Waals surface area contributed by atoms with Gasteiger partial charge in [-0.1, -0.05) is 170 Å². The summed E-state index contributed by atoms with van der Waals surface area (Å²) in [4.78, 5) is 15.5. The first-order valence-corrected chi connectivity index (χ1v) is 23.4. The van der Waals surface area contributed by atoms with Gasteiger partial charge >= 0.3 is 0 Å². The number of hydrogen-bond acceptors (Lipinski definition) is 3. The molecule has 0 unspecified atom stereocenters. The molecule has 14 aromatic rings. The highest BCUT2D eigenvalue weighted by Gasteiger charge is 2.24. The van der Waals surface area contributed by atoms with Gasteiger partial charge in [-0.05, 0) is 83.9 Å². The third-order valence-corrected chi connectivity index (χ3v) is 13.7. The molecule has 0 saturated heterocycles. The molecule has 69 heavy (non-hydrogen) atoms. The highest BCUT2D eigenvalue weighted by molar-refractivity contribution is 6.18. The van der Waals surface area contributed by atoms with Gasteiger partial charge in [-0.3, -0.25) is 0 Å². The number of para-hydroxylation sites is 6. The molecule has 0 bridgehead atoms. The molecule has 0 aliphatic carbocycles. The maximum absolute atomic E-state index is 5.25. The van der Waals surface area contributed by atoms with E-state index in [1.165, 1.54) is 43.7 Å². The quantitative estimate of drug-likeness (QED) is 0.160. The van der Waals surface area contributed by atoms with E-state index in [1.807, 2.05) is 36.4 Å². The van der Waals surface area contributed by atoms with Gasteiger partial charge in [0.25, 0.3) is 0 Å². The van der Waals surface area contributed by atoms with Gasteiger partial charge in [0, 0.05) is 60.4 Å². The van der Waals surface area contributed by atoms with Crippen molar-refractivity contribution in [1.82, 2.24) is 28.7 Å². The molecular weight excluding hydrogens is 841 g/mol. The van der Waals surface area contributed by atoms with Crippen LogP contribution in [-0.2, 0) is 0 Å². The summed E-state index contributed by atoms with van der Waals surface area (Å²) in [6.45, 7) is 0. The normalized spacial score (nSPS) is 11.8. The first kappa shape index (κ1) is 38.8. The van der Waals surface area contributed by atoms with Crippen molar-refractivity contribution in [3.63, 3.8) is 0 Å². The zero-order chi connectivity index (χ0) is 45.4. The molecule has 14 rings (SSSR count). The fraction of sp³-hybridized carbons (Fsp3) is 0. The lowest BCUT2D eigenvalue weighted by molar-refractivity contribution is 1.07. The van der Waals surface area contributed by atoms with Crippen LogP contribution < -0.4 is 0 Å². The van der Waals surface area contributed by atoms with Gasteiger partial charge in [0.2, 0.25) is 0 Å². The predicted octanol–water partition coefficient (Wildman–Crippen LogP) is 15.8. The van der Waals surface area contributed by atoms with Crippen LogP contribution in [0.25, 0.3) is 128 Å². The Morgan fingerprint density at radius 3 is 1.25 bits per heavy atom. The van der Waals surface area contributed by atoms with Gasteiger partial charge in [-0.2, -0.15) is 0 Å². The van der Waals surface area contributed by atoms with E-state index < -0.39 is 0 Å². The fourth-order valence-electron chi connectivity index (χ4n) is 10.6. The Morgan fingerprint density at radius 2 is 0.667 bits per heavy atom. The van der Waals surface area contributed by atoms with E-state index in [0.29, 0.717) is 17.5 Å². The van der Waals surface area contributed by atoms with Crippen LogP contribution in [0, 0.1) is 0 Å². The maximum atomic E-state index is 5.25. The van der Waals surface area contributed by atoms with Crippen molar-refractivity contribution in [3.05, 3.63) is 243 Å². The zero-order valence-corrected chi connectivity index (χ0v) is 37.3. The van der Waals surface area contributed by atoms with Crippen LogP contribution in [-0.4, -0.2) is 28.7 Å². The molecule has 0 N–H and O–H groups in total. The van der Waals surface area contributed by atoms with Gasteiger partial charge in [0.15, 0.2) is 17.5 Å². The molecular formula is C63H40N6. The van der Waals surface area contributed by atoms with Gasteiger partial charge in [-0.25, -0.2) is 15.0 Å². The third-order valence-electron chi connectivity index (χ3n) is 13.7. The van der Waals surface area contributed by atoms with Crippen molar-refractivity contribution >= 4 is 65.4 Å². The second-order valence-corrected chi connectivity index (χ2v) is 17.6. The van der Waals surface area contributed by atoms with Crippen LogP contribution in [0.3, 0.4) is 0 Å². The molecule has 4 heterocycles. The molecule has 0 atom stereocenters. The molecule has 6 heteroatoms. The second-order valence-electron chi connectivity index (χ2n) is 17.6. The lowest BCUT2D eigenvalue weighted by Gasteiger charge is -2.15. The highest BCUT2D eigenvalue weighted by atomic mass is 15.1. The largest absolute Gasteiger partial charge is 0.309 e. The van der Waals surface area contributed by atoms with Gasteiger partial charge in [-0.15, -0.1) is 0 Å². The van der Waals surface area contributed by atoms with E-state index in [4.69, 9.17) is 15.0 Å². The lowest BCUT2D eigenvalue weighted by atomic mass is 10.0. The highest BCUT2D eigenvalue weighted by Crippen LogP contribution is 2.44. The Kier molecular flexibility index (Phi) is 8.79.